The average molecular weight is 582 g/mol. The molecule has 2 aliphatic heterocycles. The molecular weight excluding hydrogens is 543 g/mol. The summed E-state index contributed by atoms with van der Waals surface area (Å²) in [7, 11) is 1.98. The Morgan fingerprint density at radius 3 is 2.61 bits per heavy atom. The molecule has 0 aliphatic carbocycles. The van der Waals surface area contributed by atoms with E-state index < -0.39 is 35.9 Å². The van der Waals surface area contributed by atoms with E-state index in [-0.39, 0.29) is 17.2 Å². The van der Waals surface area contributed by atoms with Crippen molar-refractivity contribution in [2.75, 3.05) is 19.8 Å². The highest BCUT2D eigenvalue weighted by molar-refractivity contribution is 8.00. The first-order chi connectivity index (χ1) is 18.2. The summed E-state index contributed by atoms with van der Waals surface area (Å²) in [5.41, 5.74) is 0.328. The molecule has 1 amide bonds. The minimum atomic E-state index is -1.37. The van der Waals surface area contributed by atoms with Gasteiger partial charge in [0.1, 0.15) is 34.9 Å². The molecule has 0 radical (unpaired) electrons. The first-order valence-corrected chi connectivity index (χ1v) is 16.2. The number of carbonyl (C=O) groups is 1. The largest absolute Gasteiger partial charge is 0.388 e. The summed E-state index contributed by atoms with van der Waals surface area (Å²) >= 11 is 4.43. The number of carbonyl (C=O) groups excluding carboxylic acids is 1. The van der Waals surface area contributed by atoms with Crippen molar-refractivity contribution in [3.05, 3.63) is 35.8 Å². The summed E-state index contributed by atoms with van der Waals surface area (Å²) in [6.07, 6.45) is 1.72. The van der Waals surface area contributed by atoms with Crippen LogP contribution in [-0.4, -0.2) is 98.1 Å². The van der Waals surface area contributed by atoms with Gasteiger partial charge in [-0.3, -0.25) is 9.69 Å². The minimum absolute atomic E-state index is 0.0974. The maximum atomic E-state index is 13.6. The Morgan fingerprint density at radius 1 is 1.24 bits per heavy atom. The van der Waals surface area contributed by atoms with E-state index in [2.05, 4.69) is 22.1 Å². The monoisotopic (exact) mass is 581 g/mol. The van der Waals surface area contributed by atoms with Crippen LogP contribution in [0.5, 0.6) is 0 Å². The molecular formula is C27H39N3O5S3. The first-order valence-electron chi connectivity index (χ1n) is 13.1. The van der Waals surface area contributed by atoms with Gasteiger partial charge in [0.15, 0.2) is 0 Å². The number of thiazole rings is 1. The van der Waals surface area contributed by atoms with E-state index in [1.165, 1.54) is 11.8 Å². The summed E-state index contributed by atoms with van der Waals surface area (Å²) in [6, 6.07) is 7.25. The van der Waals surface area contributed by atoms with Crippen LogP contribution in [0.4, 0.5) is 0 Å². The van der Waals surface area contributed by atoms with E-state index in [0.29, 0.717) is 5.92 Å². The fraction of sp³-hybridized carbons (Fsp3) is 0.630. The molecule has 1 aromatic carbocycles. The number of aromatic nitrogens is 1. The summed E-state index contributed by atoms with van der Waals surface area (Å²) in [5.74, 6) is 0.386. The highest BCUT2D eigenvalue weighted by atomic mass is 32.2. The molecule has 0 spiro atoms. The number of aliphatic hydroxyl groups is 3. The van der Waals surface area contributed by atoms with E-state index in [9.17, 15) is 20.1 Å². The molecule has 4 rings (SSSR count). The summed E-state index contributed by atoms with van der Waals surface area (Å²) < 4.78 is 6.12. The van der Waals surface area contributed by atoms with Gasteiger partial charge in [0.05, 0.1) is 12.1 Å². The Hall–Kier alpha value is -1.18. The molecule has 2 fully saturated rings. The number of nitrogens with zero attached hydrogens (tertiary/aromatic N) is 2. The number of ether oxygens (including phenoxy) is 1. The van der Waals surface area contributed by atoms with Crippen LogP contribution < -0.4 is 5.32 Å². The van der Waals surface area contributed by atoms with Crippen molar-refractivity contribution in [1.82, 2.24) is 15.2 Å². The van der Waals surface area contributed by atoms with Gasteiger partial charge in [0.2, 0.25) is 5.91 Å². The molecule has 2 aromatic rings. The highest BCUT2D eigenvalue weighted by Gasteiger charge is 2.48. The molecule has 0 saturated carbocycles. The molecule has 3 heterocycles. The van der Waals surface area contributed by atoms with Gasteiger partial charge in [-0.2, -0.15) is 0 Å². The van der Waals surface area contributed by atoms with E-state index in [4.69, 9.17) is 4.74 Å². The third-order valence-electron chi connectivity index (χ3n) is 7.50. The number of hydrogen-bond acceptors (Lipinski definition) is 10. The van der Waals surface area contributed by atoms with Gasteiger partial charge < -0.3 is 25.4 Å². The molecule has 4 N–H and O–H groups in total. The Morgan fingerprint density at radius 2 is 1.97 bits per heavy atom. The average Bonchev–Trinajstić information content (AvgIpc) is 3.57. The van der Waals surface area contributed by atoms with Gasteiger partial charge in [-0.25, -0.2) is 4.98 Å². The predicted octanol–water partition coefficient (Wildman–Crippen LogP) is 3.07. The van der Waals surface area contributed by atoms with Crippen LogP contribution in [0.2, 0.25) is 0 Å². The summed E-state index contributed by atoms with van der Waals surface area (Å²) in [6.45, 7) is 5.04. The number of likely N-dealkylation sites (tertiary alicyclic amines) is 1. The number of thioether (sulfide) groups is 2. The van der Waals surface area contributed by atoms with Crippen LogP contribution in [0.15, 0.2) is 40.7 Å². The number of nitrogens with one attached hydrogen (secondary N) is 1. The third kappa shape index (κ3) is 6.75. The second-order valence-corrected chi connectivity index (χ2v) is 13.5. The van der Waals surface area contributed by atoms with Crippen LogP contribution in [0.25, 0.3) is 10.6 Å². The molecule has 1 unspecified atom stereocenters. The fourth-order valence-electron chi connectivity index (χ4n) is 5.45. The number of rotatable bonds is 10. The van der Waals surface area contributed by atoms with Crippen molar-refractivity contribution in [2.45, 2.75) is 85.2 Å². The number of hydrogen-bond donors (Lipinski definition) is 4. The molecule has 2 saturated heterocycles. The van der Waals surface area contributed by atoms with Crippen molar-refractivity contribution in [3.63, 3.8) is 0 Å². The van der Waals surface area contributed by atoms with Gasteiger partial charge in [0.25, 0.3) is 0 Å². The van der Waals surface area contributed by atoms with Gasteiger partial charge >= 0.3 is 0 Å². The van der Waals surface area contributed by atoms with Crippen LogP contribution in [0, 0.1) is 5.92 Å². The predicted molar refractivity (Wildman–Crippen MR) is 154 cm³/mol. The maximum Gasteiger partial charge on any atom is 0.237 e. The lowest BCUT2D eigenvalue weighted by atomic mass is 9.92. The third-order valence-corrected chi connectivity index (χ3v) is 10.4. The highest BCUT2D eigenvalue weighted by Crippen LogP contribution is 2.35. The topological polar surface area (TPSA) is 115 Å². The lowest BCUT2D eigenvalue weighted by molar-refractivity contribution is -0.205. The maximum absolute atomic E-state index is 13.6. The van der Waals surface area contributed by atoms with Crippen molar-refractivity contribution in [1.29, 1.82) is 0 Å². The molecule has 210 valence electrons. The van der Waals surface area contributed by atoms with Gasteiger partial charge in [-0.05, 0) is 44.2 Å². The lowest BCUT2D eigenvalue weighted by Crippen LogP contribution is -2.65. The zero-order valence-electron chi connectivity index (χ0n) is 22.3. The Bertz CT molecular complexity index is 1030. The smallest absolute Gasteiger partial charge is 0.237 e. The first kappa shape index (κ1) is 29.8. The molecule has 11 heteroatoms. The SMILES string of the molecule is CCC[C@@H]1C[C@@H](C(=O)NC([C@H]2O[C@H](SC)[C@H](O)[C@@H](O)[C@H]2O)[C@@H](C)Sc2ccc(-c3nccs3)cc2)N(C)C1. The zero-order valence-corrected chi connectivity index (χ0v) is 24.7. The van der Waals surface area contributed by atoms with Crippen molar-refractivity contribution >= 4 is 40.8 Å². The number of likely N-dealkylation sites (N-methyl/N-ethyl adjacent to an activating group) is 1. The van der Waals surface area contributed by atoms with Crippen molar-refractivity contribution in [3.8, 4) is 10.6 Å². The summed E-state index contributed by atoms with van der Waals surface area (Å²) in [5, 5.41) is 37.9. The van der Waals surface area contributed by atoms with E-state index in [1.54, 1.807) is 35.6 Å². The second-order valence-electron chi connectivity index (χ2n) is 10.2. The molecule has 0 bridgehead atoms. The van der Waals surface area contributed by atoms with Crippen LogP contribution in [0.3, 0.4) is 0 Å². The van der Waals surface area contributed by atoms with Gasteiger partial charge in [-0.1, -0.05) is 32.4 Å². The molecule has 8 nitrogen and oxygen atoms in total. The van der Waals surface area contributed by atoms with Crippen LogP contribution >= 0.6 is 34.9 Å². The standard InChI is InChI=1S/C27H39N3O5S3/c1-5-6-16-13-19(30(3)14-16)25(34)29-20(24-22(32)21(31)23(33)27(35-24)36-4)15(2)38-18-9-7-17(8-10-18)26-28-11-12-37-26/h7-12,15-16,19-24,27,31-33H,5-6,13-14H2,1-4H3,(H,29,34)/t15-,16-,19+,20?,21+,22-,23-,24-,27-/m1/s1. The molecule has 1 aromatic heterocycles. The second kappa shape index (κ2) is 13.5. The van der Waals surface area contributed by atoms with Crippen molar-refractivity contribution < 1.29 is 24.9 Å². The minimum Gasteiger partial charge on any atom is -0.388 e. The van der Waals surface area contributed by atoms with Crippen LogP contribution in [-0.2, 0) is 9.53 Å². The lowest BCUT2D eigenvalue weighted by Gasteiger charge is -2.44. The van der Waals surface area contributed by atoms with E-state index in [1.807, 2.05) is 43.6 Å². The molecule has 38 heavy (non-hydrogen) atoms. The summed E-state index contributed by atoms with van der Waals surface area (Å²) in [4.78, 5) is 21.0. The number of amides is 1. The van der Waals surface area contributed by atoms with E-state index >= 15 is 0 Å². The van der Waals surface area contributed by atoms with Gasteiger partial charge in [-0.15, -0.1) is 34.9 Å². The molecule has 9 atom stereocenters. The fourth-order valence-corrected chi connectivity index (χ4v) is 7.87. The Kier molecular flexibility index (Phi) is 10.5. The van der Waals surface area contributed by atoms with Crippen molar-refractivity contribution in [2.24, 2.45) is 5.92 Å². The number of benzene rings is 1. The normalized spacial score (nSPS) is 31.7. The van der Waals surface area contributed by atoms with E-state index in [0.717, 1.165) is 41.3 Å². The Labute approximate surface area is 237 Å². The quantitative estimate of drug-likeness (QED) is 0.314. The zero-order chi connectivity index (χ0) is 27.4. The van der Waals surface area contributed by atoms with Gasteiger partial charge in [0, 0.05) is 33.8 Å². The Balaban J connectivity index is 1.54. The number of aliphatic hydroxyl groups excluding tert-OH is 3. The molecule has 2 aliphatic rings. The van der Waals surface area contributed by atoms with Crippen LogP contribution in [0.1, 0.15) is 33.1 Å².